The molecule has 0 aliphatic heterocycles. The molecule has 0 saturated carbocycles. The second-order valence-corrected chi connectivity index (χ2v) is 2.47. The van der Waals surface area contributed by atoms with Crippen molar-refractivity contribution in [2.45, 2.75) is 11.8 Å². The molecule has 0 aliphatic carbocycles. The van der Waals surface area contributed by atoms with Crippen LogP contribution in [0, 0.1) is 0 Å². The summed E-state index contributed by atoms with van der Waals surface area (Å²) in [5.41, 5.74) is 0. The molecule has 8 heavy (non-hydrogen) atoms. The summed E-state index contributed by atoms with van der Waals surface area (Å²) in [6, 6.07) is 0. The molecule has 0 heterocycles. The summed E-state index contributed by atoms with van der Waals surface area (Å²) in [4.78, 5) is 8.14. The lowest BCUT2D eigenvalue weighted by Crippen LogP contribution is -2.30. The third kappa shape index (κ3) is 1.66. The van der Waals surface area contributed by atoms with E-state index in [9.17, 15) is 9.18 Å². The van der Waals surface area contributed by atoms with E-state index in [1.54, 1.807) is 0 Å². The molecule has 1 unspecified atom stereocenters. The Morgan fingerprint density at radius 2 is 2.38 bits per heavy atom. The van der Waals surface area contributed by atoms with E-state index in [-0.39, 0.29) is 0 Å². The summed E-state index contributed by atoms with van der Waals surface area (Å²) < 4.78 is 11.5. The number of aliphatic carboxylic acids is 1. The summed E-state index contributed by atoms with van der Waals surface area (Å²) in [5, 5.41) is 8.07. The second-order valence-electron chi connectivity index (χ2n) is 1.64. The third-order valence-electron chi connectivity index (χ3n) is 0.697. The molecule has 48 valence electrons. The molecular weight excluding hydrogens is 134 g/mol. The SMILES string of the molecule is CC(Cl)(CF)C(=O)O. The number of carboxylic acids is 1. The molecule has 0 radical (unpaired) electrons. The minimum atomic E-state index is -1.74. The van der Waals surface area contributed by atoms with Crippen molar-refractivity contribution in [3.63, 3.8) is 0 Å². The van der Waals surface area contributed by atoms with Gasteiger partial charge < -0.3 is 5.11 Å². The molecule has 0 aromatic heterocycles. The lowest BCUT2D eigenvalue weighted by Gasteiger charge is -2.08. The molecule has 0 fully saturated rings. The van der Waals surface area contributed by atoms with Gasteiger partial charge in [-0.05, 0) is 6.92 Å². The Kier molecular flexibility index (Phi) is 2.22. The van der Waals surface area contributed by atoms with Gasteiger partial charge in [0.15, 0.2) is 4.87 Å². The molecular formula is C4H6ClFO2. The van der Waals surface area contributed by atoms with Crippen molar-refractivity contribution in [2.75, 3.05) is 6.67 Å². The zero-order chi connectivity index (χ0) is 6.78. The fourth-order valence-corrected chi connectivity index (χ4v) is 0.0572. The van der Waals surface area contributed by atoms with Crippen LogP contribution in [0.3, 0.4) is 0 Å². The van der Waals surface area contributed by atoms with Crippen molar-refractivity contribution in [1.29, 1.82) is 0 Å². The molecule has 0 bridgehead atoms. The van der Waals surface area contributed by atoms with Crippen LogP contribution in [0.4, 0.5) is 4.39 Å². The van der Waals surface area contributed by atoms with E-state index in [1.807, 2.05) is 0 Å². The quantitative estimate of drug-likeness (QED) is 0.582. The largest absolute Gasteiger partial charge is 0.480 e. The molecule has 0 aromatic rings. The smallest absolute Gasteiger partial charge is 0.327 e. The zero-order valence-electron chi connectivity index (χ0n) is 4.32. The van der Waals surface area contributed by atoms with Gasteiger partial charge in [-0.2, -0.15) is 0 Å². The molecule has 0 aliphatic rings. The van der Waals surface area contributed by atoms with Gasteiger partial charge in [0.2, 0.25) is 0 Å². The lowest BCUT2D eigenvalue weighted by molar-refractivity contribution is -0.140. The Morgan fingerprint density at radius 3 is 2.38 bits per heavy atom. The topological polar surface area (TPSA) is 37.3 Å². The molecule has 0 amide bonds. The van der Waals surface area contributed by atoms with Gasteiger partial charge in [0.1, 0.15) is 6.67 Å². The second kappa shape index (κ2) is 2.31. The summed E-state index contributed by atoms with van der Waals surface area (Å²) in [6.07, 6.45) is 0. The van der Waals surface area contributed by atoms with E-state index in [0.717, 1.165) is 6.92 Å². The molecule has 1 N–H and O–H groups in total. The van der Waals surface area contributed by atoms with Crippen molar-refractivity contribution in [2.24, 2.45) is 0 Å². The third-order valence-corrected chi connectivity index (χ3v) is 0.960. The molecule has 0 rings (SSSR count). The first-order valence-electron chi connectivity index (χ1n) is 1.99. The highest BCUT2D eigenvalue weighted by Gasteiger charge is 2.29. The van der Waals surface area contributed by atoms with Gasteiger partial charge in [-0.25, -0.2) is 4.39 Å². The van der Waals surface area contributed by atoms with Crippen LogP contribution in [0.2, 0.25) is 0 Å². The predicted octanol–water partition coefficient (Wildman–Crippen LogP) is 1.04. The van der Waals surface area contributed by atoms with Crippen LogP contribution >= 0.6 is 11.6 Å². The Hall–Kier alpha value is -0.310. The summed E-state index contributed by atoms with van der Waals surface area (Å²) >= 11 is 5.08. The number of halogens is 2. The van der Waals surface area contributed by atoms with E-state index in [1.165, 1.54) is 0 Å². The summed E-state index contributed by atoms with van der Waals surface area (Å²) in [5.74, 6) is -1.33. The van der Waals surface area contributed by atoms with Crippen molar-refractivity contribution in [3.8, 4) is 0 Å². The van der Waals surface area contributed by atoms with Gasteiger partial charge >= 0.3 is 5.97 Å². The molecule has 0 spiro atoms. The zero-order valence-corrected chi connectivity index (χ0v) is 5.07. The molecule has 4 heteroatoms. The fourth-order valence-electron chi connectivity index (χ4n) is 0.0572. The van der Waals surface area contributed by atoms with Gasteiger partial charge in [-0.1, -0.05) is 0 Å². The fraction of sp³-hybridized carbons (Fsp3) is 0.750. The first-order chi connectivity index (χ1) is 3.50. The maximum Gasteiger partial charge on any atom is 0.327 e. The van der Waals surface area contributed by atoms with E-state index >= 15 is 0 Å². The summed E-state index contributed by atoms with van der Waals surface area (Å²) in [6.45, 7) is 0.0563. The van der Waals surface area contributed by atoms with E-state index in [0.29, 0.717) is 0 Å². The number of carbonyl (C=O) groups is 1. The maximum absolute atomic E-state index is 11.5. The van der Waals surface area contributed by atoms with Crippen molar-refractivity contribution >= 4 is 17.6 Å². The van der Waals surface area contributed by atoms with Gasteiger partial charge in [-0.3, -0.25) is 4.79 Å². The Bertz CT molecular complexity index is 102. The van der Waals surface area contributed by atoms with Crippen molar-refractivity contribution < 1.29 is 14.3 Å². The number of hydrogen-bond acceptors (Lipinski definition) is 1. The van der Waals surface area contributed by atoms with Crippen LogP contribution in [-0.4, -0.2) is 22.6 Å². The first-order valence-corrected chi connectivity index (χ1v) is 2.37. The number of carboxylic acid groups (broad SMARTS) is 1. The minimum absolute atomic E-state index is 1.05. The van der Waals surface area contributed by atoms with Crippen LogP contribution in [0.1, 0.15) is 6.92 Å². The van der Waals surface area contributed by atoms with Gasteiger partial charge in [0.05, 0.1) is 0 Å². The highest BCUT2D eigenvalue weighted by molar-refractivity contribution is 6.33. The predicted molar refractivity (Wildman–Crippen MR) is 27.9 cm³/mol. The first kappa shape index (κ1) is 7.69. The molecule has 1 atom stereocenters. The van der Waals surface area contributed by atoms with Gasteiger partial charge in [-0.15, -0.1) is 11.6 Å². The van der Waals surface area contributed by atoms with Crippen molar-refractivity contribution in [3.05, 3.63) is 0 Å². The highest BCUT2D eigenvalue weighted by Crippen LogP contribution is 2.13. The van der Waals surface area contributed by atoms with E-state index in [4.69, 9.17) is 16.7 Å². The van der Waals surface area contributed by atoms with E-state index in [2.05, 4.69) is 0 Å². The number of rotatable bonds is 2. The Labute approximate surface area is 51.3 Å². The molecule has 0 saturated heterocycles. The van der Waals surface area contributed by atoms with Crippen LogP contribution in [0.5, 0.6) is 0 Å². The normalized spacial score (nSPS) is 17.4. The highest BCUT2D eigenvalue weighted by atomic mass is 35.5. The number of alkyl halides is 2. The Balaban J connectivity index is 3.91. The lowest BCUT2D eigenvalue weighted by atomic mass is 10.2. The average Bonchev–Trinajstić information content (AvgIpc) is 1.67. The van der Waals surface area contributed by atoms with Crippen LogP contribution in [0.15, 0.2) is 0 Å². The number of hydrogen-bond donors (Lipinski definition) is 1. The average molecular weight is 141 g/mol. The maximum atomic E-state index is 11.5. The monoisotopic (exact) mass is 140 g/mol. The minimum Gasteiger partial charge on any atom is -0.480 e. The van der Waals surface area contributed by atoms with Gasteiger partial charge in [0, 0.05) is 0 Å². The van der Waals surface area contributed by atoms with Crippen LogP contribution in [0.25, 0.3) is 0 Å². The standard InChI is InChI=1S/C4H6ClFO2/c1-4(5,2-6)3(7)8/h2H2,1H3,(H,7,8). The van der Waals surface area contributed by atoms with Crippen LogP contribution in [-0.2, 0) is 4.79 Å². The molecule has 0 aromatic carbocycles. The van der Waals surface area contributed by atoms with E-state index < -0.39 is 17.5 Å². The Morgan fingerprint density at radius 1 is 2.00 bits per heavy atom. The summed E-state index contributed by atoms with van der Waals surface area (Å²) in [7, 11) is 0. The molecule has 2 nitrogen and oxygen atoms in total. The van der Waals surface area contributed by atoms with Crippen LogP contribution < -0.4 is 0 Å². The van der Waals surface area contributed by atoms with Crippen molar-refractivity contribution in [1.82, 2.24) is 0 Å². The van der Waals surface area contributed by atoms with Gasteiger partial charge in [0.25, 0.3) is 0 Å².